The minimum absolute atomic E-state index is 0.0775. The molecule has 1 aromatic carbocycles. The van der Waals surface area contributed by atoms with Crippen molar-refractivity contribution in [1.29, 1.82) is 0 Å². The van der Waals surface area contributed by atoms with E-state index in [9.17, 15) is 4.79 Å². The molecule has 0 radical (unpaired) electrons. The first-order valence-corrected chi connectivity index (χ1v) is 8.96. The van der Waals surface area contributed by atoms with Gasteiger partial charge in [0.1, 0.15) is 0 Å². The van der Waals surface area contributed by atoms with Gasteiger partial charge in [-0.2, -0.15) is 0 Å². The summed E-state index contributed by atoms with van der Waals surface area (Å²) in [6.45, 7) is 1.93. The lowest BCUT2D eigenvalue weighted by Crippen LogP contribution is -2.49. The maximum atomic E-state index is 12.5. The van der Waals surface area contributed by atoms with Crippen LogP contribution in [-0.4, -0.2) is 39.9 Å². The van der Waals surface area contributed by atoms with Gasteiger partial charge in [-0.25, -0.2) is 0 Å². The van der Waals surface area contributed by atoms with Crippen molar-refractivity contribution >= 4 is 5.91 Å². The highest BCUT2D eigenvalue weighted by molar-refractivity contribution is 5.77. The third kappa shape index (κ3) is 5.09. The van der Waals surface area contributed by atoms with E-state index in [0.717, 1.165) is 37.7 Å². The van der Waals surface area contributed by atoms with Crippen molar-refractivity contribution in [3.05, 3.63) is 23.8 Å². The molecule has 0 bridgehead atoms. The quantitative estimate of drug-likeness (QED) is 0.668. The highest BCUT2D eigenvalue weighted by Crippen LogP contribution is 2.37. The number of benzene rings is 1. The highest BCUT2D eigenvalue weighted by atomic mass is 16.5. The van der Waals surface area contributed by atoms with Crippen molar-refractivity contribution in [2.24, 2.45) is 5.73 Å². The number of carbonyl (C=O) groups excluding carboxylic acids is 1. The van der Waals surface area contributed by atoms with Gasteiger partial charge in [0.05, 0.1) is 19.8 Å². The number of amides is 1. The van der Waals surface area contributed by atoms with E-state index in [0.29, 0.717) is 37.7 Å². The van der Waals surface area contributed by atoms with Crippen LogP contribution in [0.15, 0.2) is 18.2 Å². The highest BCUT2D eigenvalue weighted by Gasteiger charge is 2.36. The van der Waals surface area contributed by atoms with Gasteiger partial charge in [-0.3, -0.25) is 4.79 Å². The molecule has 1 amide bonds. The molecule has 3 N–H and O–H groups in total. The second kappa shape index (κ2) is 9.63. The Morgan fingerprint density at radius 1 is 1.16 bits per heavy atom. The van der Waals surface area contributed by atoms with Crippen molar-refractivity contribution in [3.63, 3.8) is 0 Å². The molecular formula is C19H30N2O4. The van der Waals surface area contributed by atoms with Gasteiger partial charge in [-0.05, 0) is 49.9 Å². The molecule has 0 saturated carbocycles. The average Bonchev–Trinajstić information content (AvgIpc) is 2.65. The summed E-state index contributed by atoms with van der Waals surface area (Å²) < 4.78 is 16.3. The third-order valence-corrected chi connectivity index (χ3v) is 4.77. The van der Waals surface area contributed by atoms with E-state index in [-0.39, 0.29) is 5.91 Å². The smallest absolute Gasteiger partial charge is 0.220 e. The maximum absolute atomic E-state index is 12.5. The number of ether oxygens (including phenoxy) is 3. The fourth-order valence-corrected chi connectivity index (χ4v) is 3.28. The van der Waals surface area contributed by atoms with Crippen molar-refractivity contribution < 1.29 is 19.0 Å². The molecule has 0 atom stereocenters. The van der Waals surface area contributed by atoms with Crippen LogP contribution in [0.1, 0.15) is 44.1 Å². The zero-order chi connectivity index (χ0) is 18.1. The van der Waals surface area contributed by atoms with Crippen LogP contribution < -0.4 is 20.5 Å². The molecule has 1 aliphatic heterocycles. The molecule has 6 heteroatoms. The second-order valence-electron chi connectivity index (χ2n) is 6.41. The molecule has 1 fully saturated rings. The van der Waals surface area contributed by atoms with E-state index in [1.165, 1.54) is 0 Å². The number of carbonyl (C=O) groups is 1. The Labute approximate surface area is 150 Å². The Balaban J connectivity index is 2.15. The van der Waals surface area contributed by atoms with Crippen LogP contribution in [-0.2, 0) is 15.1 Å². The van der Waals surface area contributed by atoms with Crippen LogP contribution in [0.3, 0.4) is 0 Å². The summed E-state index contributed by atoms with van der Waals surface area (Å²) >= 11 is 0. The third-order valence-electron chi connectivity index (χ3n) is 4.77. The molecule has 0 spiro atoms. The molecule has 1 aliphatic rings. The van der Waals surface area contributed by atoms with Crippen LogP contribution in [0.5, 0.6) is 11.5 Å². The molecule has 25 heavy (non-hydrogen) atoms. The molecule has 0 unspecified atom stereocenters. The fourth-order valence-electron chi connectivity index (χ4n) is 3.28. The molecule has 1 saturated heterocycles. The minimum Gasteiger partial charge on any atom is -0.493 e. The zero-order valence-electron chi connectivity index (χ0n) is 15.3. The molecule has 6 nitrogen and oxygen atoms in total. The Hall–Kier alpha value is -1.79. The van der Waals surface area contributed by atoms with Crippen LogP contribution in [0.2, 0.25) is 0 Å². The molecule has 1 aromatic rings. The monoisotopic (exact) mass is 350 g/mol. The van der Waals surface area contributed by atoms with Gasteiger partial charge in [0.2, 0.25) is 5.91 Å². The van der Waals surface area contributed by atoms with Crippen LogP contribution >= 0.6 is 0 Å². The lowest BCUT2D eigenvalue weighted by atomic mass is 9.82. The minimum atomic E-state index is -0.414. The molecule has 0 aliphatic carbocycles. The van der Waals surface area contributed by atoms with Crippen LogP contribution in [0, 0.1) is 0 Å². The first-order valence-electron chi connectivity index (χ1n) is 8.96. The number of hydrogen-bond donors (Lipinski definition) is 2. The Morgan fingerprint density at radius 2 is 1.88 bits per heavy atom. The number of methoxy groups -OCH3 is 2. The first kappa shape index (κ1) is 19.5. The SMILES string of the molecule is COc1ccc(C2(NC(=O)CCCCCN)CCOCC2)cc1OC. The van der Waals surface area contributed by atoms with Crippen molar-refractivity contribution in [3.8, 4) is 11.5 Å². The lowest BCUT2D eigenvalue weighted by Gasteiger charge is -2.39. The van der Waals surface area contributed by atoms with Gasteiger partial charge in [0.15, 0.2) is 11.5 Å². The molecular weight excluding hydrogens is 320 g/mol. The number of rotatable bonds is 9. The number of nitrogens with two attached hydrogens (primary N) is 1. The number of nitrogens with one attached hydrogen (secondary N) is 1. The standard InChI is InChI=1S/C19H30N2O4/c1-23-16-8-7-15(14-17(16)24-2)19(9-12-25-13-10-19)21-18(22)6-4-3-5-11-20/h7-8,14H,3-6,9-13,20H2,1-2H3,(H,21,22). The van der Waals surface area contributed by atoms with E-state index in [1.807, 2.05) is 18.2 Å². The van der Waals surface area contributed by atoms with Crippen LogP contribution in [0.25, 0.3) is 0 Å². The van der Waals surface area contributed by atoms with Gasteiger partial charge in [-0.15, -0.1) is 0 Å². The number of unbranched alkanes of at least 4 members (excludes halogenated alkanes) is 2. The van der Waals surface area contributed by atoms with Gasteiger partial charge in [0, 0.05) is 19.6 Å². The lowest BCUT2D eigenvalue weighted by molar-refractivity contribution is -0.124. The van der Waals surface area contributed by atoms with E-state index in [1.54, 1.807) is 14.2 Å². The predicted molar refractivity (Wildman–Crippen MR) is 96.9 cm³/mol. The largest absolute Gasteiger partial charge is 0.493 e. The summed E-state index contributed by atoms with van der Waals surface area (Å²) in [5.41, 5.74) is 6.12. The Morgan fingerprint density at radius 3 is 2.52 bits per heavy atom. The van der Waals surface area contributed by atoms with E-state index in [4.69, 9.17) is 19.9 Å². The van der Waals surface area contributed by atoms with Crippen LogP contribution in [0.4, 0.5) is 0 Å². The van der Waals surface area contributed by atoms with Gasteiger partial charge in [0.25, 0.3) is 0 Å². The molecule has 2 rings (SSSR count). The summed E-state index contributed by atoms with van der Waals surface area (Å²) in [6, 6.07) is 5.85. The number of hydrogen-bond acceptors (Lipinski definition) is 5. The molecule has 0 aromatic heterocycles. The Bertz CT molecular complexity index is 556. The summed E-state index contributed by atoms with van der Waals surface area (Å²) in [7, 11) is 3.24. The topological polar surface area (TPSA) is 82.8 Å². The zero-order valence-corrected chi connectivity index (χ0v) is 15.3. The summed E-state index contributed by atoms with van der Waals surface area (Å²) in [4.78, 5) is 12.5. The molecule has 1 heterocycles. The van der Waals surface area contributed by atoms with Gasteiger partial charge >= 0.3 is 0 Å². The Kier molecular flexibility index (Phi) is 7.52. The summed E-state index contributed by atoms with van der Waals surface area (Å²) in [5, 5.41) is 3.27. The average molecular weight is 350 g/mol. The van der Waals surface area contributed by atoms with Crippen molar-refractivity contribution in [2.45, 2.75) is 44.1 Å². The maximum Gasteiger partial charge on any atom is 0.220 e. The summed E-state index contributed by atoms with van der Waals surface area (Å²) in [5.74, 6) is 1.43. The first-order chi connectivity index (χ1) is 12.1. The summed E-state index contributed by atoms with van der Waals surface area (Å²) in [6.07, 6.45) is 4.82. The van der Waals surface area contributed by atoms with E-state index >= 15 is 0 Å². The fraction of sp³-hybridized carbons (Fsp3) is 0.632. The van der Waals surface area contributed by atoms with Crippen molar-refractivity contribution in [2.75, 3.05) is 34.0 Å². The van der Waals surface area contributed by atoms with Gasteiger partial charge < -0.3 is 25.3 Å². The van der Waals surface area contributed by atoms with E-state index < -0.39 is 5.54 Å². The molecule has 140 valence electrons. The van der Waals surface area contributed by atoms with Gasteiger partial charge in [-0.1, -0.05) is 12.5 Å². The second-order valence-corrected chi connectivity index (χ2v) is 6.41. The predicted octanol–water partition coefficient (Wildman–Crippen LogP) is 2.34. The van der Waals surface area contributed by atoms with E-state index in [2.05, 4.69) is 5.32 Å². The normalized spacial score (nSPS) is 16.3. The van der Waals surface area contributed by atoms with Crippen molar-refractivity contribution in [1.82, 2.24) is 5.32 Å².